The van der Waals surface area contributed by atoms with E-state index in [-0.39, 0.29) is 25.2 Å². The Hall–Kier alpha value is -2.16. The summed E-state index contributed by atoms with van der Waals surface area (Å²) >= 11 is 0. The Labute approximate surface area is 109 Å². The second-order valence-corrected chi connectivity index (χ2v) is 3.91. The molecule has 19 heavy (non-hydrogen) atoms. The average molecular weight is 271 g/mol. The lowest BCUT2D eigenvalue weighted by Gasteiger charge is -2.10. The first-order chi connectivity index (χ1) is 9.01. The highest BCUT2D eigenvalue weighted by Crippen LogP contribution is 1.92. The third-order valence-corrected chi connectivity index (χ3v) is 2.27. The molecule has 0 radical (unpaired) electrons. The van der Waals surface area contributed by atoms with Crippen molar-refractivity contribution in [3.8, 4) is 0 Å². The number of ether oxygens (including phenoxy) is 1. The first-order valence-electron chi connectivity index (χ1n) is 5.66. The summed E-state index contributed by atoms with van der Waals surface area (Å²) in [5.74, 6) is -1.00. The van der Waals surface area contributed by atoms with Gasteiger partial charge in [-0.15, -0.1) is 5.10 Å². The minimum Gasteiger partial charge on any atom is -0.480 e. The van der Waals surface area contributed by atoms with Gasteiger partial charge in [-0.25, -0.2) is 9.48 Å². The van der Waals surface area contributed by atoms with Crippen molar-refractivity contribution in [2.45, 2.75) is 26.1 Å². The molecule has 1 aromatic rings. The Morgan fingerprint density at radius 3 is 2.89 bits per heavy atom. The number of hydrogen-bond donors (Lipinski definition) is 3. The summed E-state index contributed by atoms with van der Waals surface area (Å²) in [6, 6.07) is -0.350. The van der Waals surface area contributed by atoms with Crippen LogP contribution in [-0.2, 0) is 22.6 Å². The van der Waals surface area contributed by atoms with Crippen molar-refractivity contribution >= 4 is 12.0 Å². The molecule has 0 saturated carbocycles. The molecule has 0 fully saturated rings. The molecule has 3 N–H and O–H groups in total. The predicted octanol–water partition coefficient (Wildman–Crippen LogP) is -0.803. The topological polar surface area (TPSA) is 118 Å². The van der Waals surface area contributed by atoms with Crippen molar-refractivity contribution in [1.29, 1.82) is 0 Å². The van der Waals surface area contributed by atoms with Gasteiger partial charge in [0.25, 0.3) is 0 Å². The molecule has 1 unspecified atom stereocenters. The fourth-order valence-corrected chi connectivity index (χ4v) is 1.19. The number of hydrogen-bond acceptors (Lipinski definition) is 5. The van der Waals surface area contributed by atoms with Crippen molar-refractivity contribution in [1.82, 2.24) is 25.6 Å². The van der Waals surface area contributed by atoms with E-state index in [9.17, 15) is 9.59 Å². The van der Waals surface area contributed by atoms with E-state index < -0.39 is 5.97 Å². The largest absolute Gasteiger partial charge is 0.480 e. The molecular weight excluding hydrogens is 254 g/mol. The second-order valence-electron chi connectivity index (χ2n) is 3.91. The van der Waals surface area contributed by atoms with Crippen LogP contribution in [0.5, 0.6) is 0 Å². The van der Waals surface area contributed by atoms with Crippen LogP contribution in [0.15, 0.2) is 6.20 Å². The first-order valence-corrected chi connectivity index (χ1v) is 5.66. The van der Waals surface area contributed by atoms with Gasteiger partial charge in [-0.1, -0.05) is 5.21 Å². The lowest BCUT2D eigenvalue weighted by atomic mass is 10.4. The molecule has 9 heteroatoms. The molecule has 0 saturated heterocycles. The quantitative estimate of drug-likeness (QED) is 0.597. The molecule has 1 rings (SSSR count). The van der Waals surface area contributed by atoms with Gasteiger partial charge in [0.1, 0.15) is 12.2 Å². The zero-order valence-corrected chi connectivity index (χ0v) is 10.8. The maximum absolute atomic E-state index is 11.4. The maximum atomic E-state index is 11.4. The number of nitrogens with zero attached hydrogens (tertiary/aromatic N) is 3. The van der Waals surface area contributed by atoms with Crippen LogP contribution in [-0.4, -0.2) is 51.9 Å². The van der Waals surface area contributed by atoms with E-state index in [0.29, 0.717) is 12.2 Å². The van der Waals surface area contributed by atoms with Crippen LogP contribution in [0.3, 0.4) is 0 Å². The maximum Gasteiger partial charge on any atom is 0.325 e. The molecule has 9 nitrogen and oxygen atoms in total. The molecule has 0 bridgehead atoms. The fraction of sp³-hybridized carbons (Fsp3) is 0.600. The molecular formula is C10H17N5O4. The normalized spacial score (nSPS) is 11.9. The van der Waals surface area contributed by atoms with Crippen molar-refractivity contribution in [3.63, 3.8) is 0 Å². The van der Waals surface area contributed by atoms with Gasteiger partial charge in [0.15, 0.2) is 0 Å². The van der Waals surface area contributed by atoms with Crippen molar-refractivity contribution in [3.05, 3.63) is 11.9 Å². The summed E-state index contributed by atoms with van der Waals surface area (Å²) in [7, 11) is 1.56. The van der Waals surface area contributed by atoms with Crippen LogP contribution in [0.2, 0.25) is 0 Å². The van der Waals surface area contributed by atoms with Crippen LogP contribution >= 0.6 is 0 Å². The Morgan fingerprint density at radius 2 is 2.26 bits per heavy atom. The van der Waals surface area contributed by atoms with E-state index >= 15 is 0 Å². The zero-order valence-electron chi connectivity index (χ0n) is 10.8. The lowest BCUT2D eigenvalue weighted by molar-refractivity contribution is -0.137. The number of urea groups is 1. The molecule has 1 heterocycles. The molecule has 0 aromatic carbocycles. The molecule has 2 amide bonds. The van der Waals surface area contributed by atoms with Crippen LogP contribution in [0.25, 0.3) is 0 Å². The SMILES string of the molecule is COC(C)CNC(=O)NCc1cn(CC(=O)O)nn1. The third-order valence-electron chi connectivity index (χ3n) is 2.27. The molecule has 1 aromatic heterocycles. The molecule has 0 aliphatic heterocycles. The van der Waals surface area contributed by atoms with Gasteiger partial charge in [-0.05, 0) is 6.92 Å². The zero-order chi connectivity index (χ0) is 14.3. The Balaban J connectivity index is 2.30. The van der Waals surface area contributed by atoms with E-state index in [4.69, 9.17) is 9.84 Å². The monoisotopic (exact) mass is 271 g/mol. The van der Waals surface area contributed by atoms with Crippen LogP contribution in [0.4, 0.5) is 4.79 Å². The highest BCUT2D eigenvalue weighted by Gasteiger charge is 2.07. The van der Waals surface area contributed by atoms with E-state index in [1.165, 1.54) is 10.9 Å². The van der Waals surface area contributed by atoms with Crippen molar-refractivity contribution < 1.29 is 19.4 Å². The number of methoxy groups -OCH3 is 1. The van der Waals surface area contributed by atoms with Gasteiger partial charge >= 0.3 is 12.0 Å². The number of aliphatic carboxylic acids is 1. The van der Waals surface area contributed by atoms with Gasteiger partial charge in [0.05, 0.1) is 18.8 Å². The molecule has 1 atom stereocenters. The second kappa shape index (κ2) is 7.31. The number of carbonyl (C=O) groups excluding carboxylic acids is 1. The molecule has 0 spiro atoms. The molecule has 0 aliphatic rings. The van der Waals surface area contributed by atoms with E-state index in [2.05, 4.69) is 20.9 Å². The van der Waals surface area contributed by atoms with Crippen molar-refractivity contribution in [2.24, 2.45) is 0 Å². The number of carbonyl (C=O) groups is 2. The number of nitrogens with one attached hydrogen (secondary N) is 2. The van der Waals surface area contributed by atoms with Crippen LogP contribution in [0, 0.1) is 0 Å². The summed E-state index contributed by atoms with van der Waals surface area (Å²) in [6.45, 7) is 2.14. The smallest absolute Gasteiger partial charge is 0.325 e. The molecule has 106 valence electrons. The van der Waals surface area contributed by atoms with Crippen LogP contribution in [0.1, 0.15) is 12.6 Å². The average Bonchev–Trinajstić information content (AvgIpc) is 2.80. The standard InChI is InChI=1S/C10H17N5O4/c1-7(19-2)3-11-10(18)12-4-8-5-15(14-13-8)6-9(16)17/h5,7H,3-4,6H2,1-2H3,(H,16,17)(H2,11,12,18). The summed E-state index contributed by atoms with van der Waals surface area (Å²) in [5, 5.41) is 21.1. The summed E-state index contributed by atoms with van der Waals surface area (Å²) in [4.78, 5) is 21.8. The summed E-state index contributed by atoms with van der Waals surface area (Å²) in [6.07, 6.45) is 1.40. The minimum absolute atomic E-state index is 0.0674. The number of amides is 2. The lowest BCUT2D eigenvalue weighted by Crippen LogP contribution is -2.39. The van der Waals surface area contributed by atoms with Crippen molar-refractivity contribution in [2.75, 3.05) is 13.7 Å². The minimum atomic E-state index is -1.00. The Bertz CT molecular complexity index is 433. The number of carboxylic acids is 1. The molecule has 0 aliphatic carbocycles. The van der Waals surface area contributed by atoms with Crippen LogP contribution < -0.4 is 10.6 Å². The summed E-state index contributed by atoms with van der Waals surface area (Å²) < 4.78 is 6.16. The number of rotatable bonds is 7. The third kappa shape index (κ3) is 5.82. The first kappa shape index (κ1) is 14.9. The highest BCUT2D eigenvalue weighted by molar-refractivity contribution is 5.73. The number of carboxylic acid groups (broad SMARTS) is 1. The van der Waals surface area contributed by atoms with Gasteiger partial charge in [-0.3, -0.25) is 4.79 Å². The summed E-state index contributed by atoms with van der Waals surface area (Å²) in [5.41, 5.74) is 0.483. The van der Waals surface area contributed by atoms with Gasteiger partial charge in [0.2, 0.25) is 0 Å². The number of aromatic nitrogens is 3. The predicted molar refractivity (Wildman–Crippen MR) is 64.4 cm³/mol. The van der Waals surface area contributed by atoms with E-state index in [1.807, 2.05) is 6.92 Å². The van der Waals surface area contributed by atoms with Gasteiger partial charge in [0, 0.05) is 13.7 Å². The Morgan fingerprint density at radius 1 is 1.53 bits per heavy atom. The fourth-order valence-electron chi connectivity index (χ4n) is 1.19. The van der Waals surface area contributed by atoms with E-state index in [0.717, 1.165) is 0 Å². The Kier molecular flexibility index (Phi) is 5.73. The van der Waals surface area contributed by atoms with Gasteiger partial charge in [-0.2, -0.15) is 0 Å². The highest BCUT2D eigenvalue weighted by atomic mass is 16.5. The van der Waals surface area contributed by atoms with E-state index in [1.54, 1.807) is 7.11 Å². The van der Waals surface area contributed by atoms with Gasteiger partial charge < -0.3 is 20.5 Å².